The third-order valence-electron chi connectivity index (χ3n) is 2.81. The van der Waals surface area contributed by atoms with Gasteiger partial charge in [-0.1, -0.05) is 11.6 Å². The Labute approximate surface area is 130 Å². The highest BCUT2D eigenvalue weighted by Gasteiger charge is 2.15. The van der Waals surface area contributed by atoms with E-state index in [0.29, 0.717) is 6.54 Å². The smallest absolute Gasteiger partial charge is 0.145 e. The van der Waals surface area contributed by atoms with E-state index in [1.165, 1.54) is 0 Å². The molecular weight excluding hydrogens is 346 g/mol. The van der Waals surface area contributed by atoms with Crippen LogP contribution in [0.15, 0.2) is 28.1 Å². The zero-order valence-corrected chi connectivity index (χ0v) is 13.9. The molecule has 1 unspecified atom stereocenters. The second-order valence-corrected chi connectivity index (χ2v) is 7.23. The van der Waals surface area contributed by atoms with Gasteiger partial charge in [0.05, 0.1) is 3.79 Å². The summed E-state index contributed by atoms with van der Waals surface area (Å²) in [4.78, 5) is 1.11. The number of benzene rings is 1. The first-order chi connectivity index (χ1) is 9.01. The van der Waals surface area contributed by atoms with Crippen molar-refractivity contribution in [3.05, 3.63) is 49.1 Å². The molecule has 5 heteroatoms. The van der Waals surface area contributed by atoms with Crippen LogP contribution < -0.4 is 10.5 Å². The second-order valence-electron chi connectivity index (χ2n) is 4.36. The van der Waals surface area contributed by atoms with Gasteiger partial charge in [0.25, 0.3) is 0 Å². The van der Waals surface area contributed by atoms with Gasteiger partial charge in [0.15, 0.2) is 0 Å². The Morgan fingerprint density at radius 1 is 1.32 bits per heavy atom. The third kappa shape index (κ3) is 3.51. The Bertz CT molecular complexity index is 562. The number of hydrogen-bond donors (Lipinski definition) is 1. The molecule has 2 N–H and O–H groups in total. The second kappa shape index (κ2) is 6.27. The van der Waals surface area contributed by atoms with E-state index < -0.39 is 0 Å². The van der Waals surface area contributed by atoms with E-state index in [4.69, 9.17) is 22.1 Å². The molecule has 0 spiro atoms. The summed E-state index contributed by atoms with van der Waals surface area (Å²) in [6.45, 7) is 4.39. The molecule has 0 saturated heterocycles. The Morgan fingerprint density at radius 2 is 1.95 bits per heavy atom. The number of nitrogens with two attached hydrogens (primary N) is 1. The van der Waals surface area contributed by atoms with E-state index in [2.05, 4.69) is 15.9 Å². The van der Waals surface area contributed by atoms with E-state index >= 15 is 0 Å². The highest BCUT2D eigenvalue weighted by molar-refractivity contribution is 9.11. The van der Waals surface area contributed by atoms with E-state index in [1.807, 2.05) is 38.1 Å². The molecule has 0 saturated carbocycles. The summed E-state index contributed by atoms with van der Waals surface area (Å²) < 4.78 is 7.06. The van der Waals surface area contributed by atoms with Crippen LogP contribution in [0.25, 0.3) is 0 Å². The van der Waals surface area contributed by atoms with Crippen LogP contribution in [-0.2, 0) is 0 Å². The fraction of sp³-hybridized carbons (Fsp3) is 0.286. The van der Waals surface area contributed by atoms with Crippen molar-refractivity contribution in [1.29, 1.82) is 0 Å². The molecule has 0 bridgehead atoms. The first-order valence-electron chi connectivity index (χ1n) is 5.90. The van der Waals surface area contributed by atoms with Crippen molar-refractivity contribution in [1.82, 2.24) is 0 Å². The fourth-order valence-electron chi connectivity index (χ4n) is 1.86. The van der Waals surface area contributed by atoms with Crippen molar-refractivity contribution in [3.8, 4) is 5.75 Å². The van der Waals surface area contributed by atoms with Crippen molar-refractivity contribution in [2.45, 2.75) is 20.0 Å². The van der Waals surface area contributed by atoms with Crippen LogP contribution in [-0.4, -0.2) is 6.54 Å². The molecule has 0 radical (unpaired) electrons. The van der Waals surface area contributed by atoms with Gasteiger partial charge >= 0.3 is 0 Å². The number of aryl methyl sites for hydroxylation is 2. The lowest BCUT2D eigenvalue weighted by molar-refractivity contribution is 0.218. The minimum atomic E-state index is -0.128. The van der Waals surface area contributed by atoms with Crippen LogP contribution in [0, 0.1) is 13.8 Å². The molecule has 102 valence electrons. The fourth-order valence-corrected chi connectivity index (χ4v) is 3.44. The molecule has 2 rings (SSSR count). The molecule has 1 aromatic carbocycles. The third-order valence-corrected chi connectivity index (χ3v) is 5.13. The topological polar surface area (TPSA) is 35.2 Å². The average molecular weight is 361 g/mol. The van der Waals surface area contributed by atoms with Crippen LogP contribution >= 0.6 is 38.9 Å². The lowest BCUT2D eigenvalue weighted by atomic mass is 10.1. The van der Waals surface area contributed by atoms with E-state index in [0.717, 1.165) is 30.6 Å². The van der Waals surface area contributed by atoms with Gasteiger partial charge < -0.3 is 10.5 Å². The molecule has 0 fully saturated rings. The summed E-state index contributed by atoms with van der Waals surface area (Å²) in [6.07, 6.45) is -0.128. The predicted molar refractivity (Wildman–Crippen MR) is 85.4 cm³/mol. The predicted octanol–water partition coefficient (Wildman–Crippen LogP) is 4.86. The van der Waals surface area contributed by atoms with Gasteiger partial charge in [-0.2, -0.15) is 0 Å². The van der Waals surface area contributed by atoms with Gasteiger partial charge in [-0.05, 0) is 65.2 Å². The van der Waals surface area contributed by atoms with Crippen molar-refractivity contribution in [2.24, 2.45) is 5.73 Å². The average Bonchev–Trinajstić information content (AvgIpc) is 2.79. The van der Waals surface area contributed by atoms with E-state index in [9.17, 15) is 0 Å². The summed E-state index contributed by atoms with van der Waals surface area (Å²) in [5, 5.41) is 0.788. The van der Waals surface area contributed by atoms with Crippen LogP contribution in [0.3, 0.4) is 0 Å². The number of halogens is 2. The molecule has 0 amide bonds. The molecule has 2 aromatic rings. The maximum atomic E-state index is 6.16. The van der Waals surface area contributed by atoms with Crippen LogP contribution in [0.2, 0.25) is 5.02 Å². The lowest BCUT2D eigenvalue weighted by Gasteiger charge is -2.17. The molecular formula is C14H15BrClNOS. The van der Waals surface area contributed by atoms with Gasteiger partial charge in [-0.15, -0.1) is 11.3 Å². The number of rotatable bonds is 4. The molecule has 0 aliphatic carbocycles. The molecule has 2 nitrogen and oxygen atoms in total. The Hall–Kier alpha value is -0.550. The molecule has 19 heavy (non-hydrogen) atoms. The molecule has 1 atom stereocenters. The zero-order chi connectivity index (χ0) is 14.0. The Balaban J connectivity index is 2.23. The molecule has 1 aromatic heterocycles. The Morgan fingerprint density at radius 3 is 2.42 bits per heavy atom. The molecule has 0 aliphatic heterocycles. The monoisotopic (exact) mass is 359 g/mol. The quantitative estimate of drug-likeness (QED) is 0.845. The summed E-state index contributed by atoms with van der Waals surface area (Å²) in [6, 6.07) is 7.92. The zero-order valence-electron chi connectivity index (χ0n) is 10.7. The first-order valence-corrected chi connectivity index (χ1v) is 7.88. The van der Waals surface area contributed by atoms with E-state index in [-0.39, 0.29) is 6.10 Å². The molecule has 0 aliphatic rings. The lowest BCUT2D eigenvalue weighted by Crippen LogP contribution is -2.17. The van der Waals surface area contributed by atoms with Gasteiger partial charge in [0.2, 0.25) is 0 Å². The SMILES string of the molecule is Cc1cc(OC(CN)c2ccc(Br)s2)cc(C)c1Cl. The number of hydrogen-bond acceptors (Lipinski definition) is 3. The normalized spacial score (nSPS) is 12.5. The van der Waals surface area contributed by atoms with Crippen molar-refractivity contribution in [3.63, 3.8) is 0 Å². The van der Waals surface area contributed by atoms with Crippen molar-refractivity contribution < 1.29 is 4.74 Å². The van der Waals surface area contributed by atoms with Crippen LogP contribution in [0.5, 0.6) is 5.75 Å². The number of ether oxygens (including phenoxy) is 1. The van der Waals surface area contributed by atoms with E-state index in [1.54, 1.807) is 11.3 Å². The standard InChI is InChI=1S/C14H15BrClNOS/c1-8-5-10(6-9(2)14(8)16)18-11(7-17)12-3-4-13(15)19-12/h3-6,11H,7,17H2,1-2H3. The minimum absolute atomic E-state index is 0.128. The van der Waals surface area contributed by atoms with Gasteiger partial charge in [-0.25, -0.2) is 0 Å². The molecule has 1 heterocycles. The minimum Gasteiger partial charge on any atom is -0.484 e. The highest BCUT2D eigenvalue weighted by atomic mass is 79.9. The number of thiophene rings is 1. The van der Waals surface area contributed by atoms with Gasteiger partial charge in [0, 0.05) is 16.4 Å². The van der Waals surface area contributed by atoms with Crippen LogP contribution in [0.1, 0.15) is 22.1 Å². The maximum absolute atomic E-state index is 6.16. The summed E-state index contributed by atoms with van der Waals surface area (Å²) >= 11 is 11.2. The summed E-state index contributed by atoms with van der Waals surface area (Å²) in [5.74, 6) is 0.805. The van der Waals surface area contributed by atoms with Crippen molar-refractivity contribution >= 4 is 38.9 Å². The highest BCUT2D eigenvalue weighted by Crippen LogP contribution is 2.32. The van der Waals surface area contributed by atoms with Crippen molar-refractivity contribution in [2.75, 3.05) is 6.54 Å². The Kier molecular flexibility index (Phi) is 4.90. The van der Waals surface area contributed by atoms with Gasteiger partial charge in [-0.3, -0.25) is 0 Å². The first kappa shape index (κ1) is 14.9. The summed E-state index contributed by atoms with van der Waals surface area (Å²) in [5.41, 5.74) is 7.84. The summed E-state index contributed by atoms with van der Waals surface area (Å²) in [7, 11) is 0. The van der Waals surface area contributed by atoms with Gasteiger partial charge in [0.1, 0.15) is 11.9 Å². The van der Waals surface area contributed by atoms with Crippen LogP contribution in [0.4, 0.5) is 0 Å². The largest absolute Gasteiger partial charge is 0.484 e. The maximum Gasteiger partial charge on any atom is 0.145 e.